The molecule has 0 unspecified atom stereocenters. The Kier molecular flexibility index (Phi) is 6.27. The number of benzene rings is 3. The van der Waals surface area contributed by atoms with E-state index in [1.54, 1.807) is 43.3 Å². The van der Waals surface area contributed by atoms with Crippen LogP contribution in [-0.4, -0.2) is 23.6 Å². The predicted molar refractivity (Wildman–Crippen MR) is 122 cm³/mol. The van der Waals surface area contributed by atoms with Crippen molar-refractivity contribution >= 4 is 23.2 Å². The zero-order valence-electron chi connectivity index (χ0n) is 17.4. The van der Waals surface area contributed by atoms with E-state index in [1.165, 1.54) is 0 Å². The van der Waals surface area contributed by atoms with E-state index in [4.69, 9.17) is 9.26 Å². The molecule has 0 saturated heterocycles. The second-order valence-corrected chi connectivity index (χ2v) is 7.01. The summed E-state index contributed by atoms with van der Waals surface area (Å²) >= 11 is 0. The van der Waals surface area contributed by atoms with Gasteiger partial charge in [-0.2, -0.15) is 0 Å². The Morgan fingerprint density at radius 1 is 0.875 bits per heavy atom. The molecule has 2 N–H and O–H groups in total. The fourth-order valence-corrected chi connectivity index (χ4v) is 3.16. The molecule has 7 heteroatoms. The molecule has 32 heavy (non-hydrogen) atoms. The van der Waals surface area contributed by atoms with Crippen molar-refractivity contribution in [2.24, 2.45) is 0 Å². The van der Waals surface area contributed by atoms with Crippen LogP contribution in [-0.2, 0) is 4.79 Å². The molecule has 160 valence electrons. The summed E-state index contributed by atoms with van der Waals surface area (Å²) in [5.41, 5.74) is 2.85. The van der Waals surface area contributed by atoms with Gasteiger partial charge in [0.2, 0.25) is 0 Å². The van der Waals surface area contributed by atoms with Gasteiger partial charge in [0.1, 0.15) is 22.8 Å². The molecule has 0 radical (unpaired) electrons. The van der Waals surface area contributed by atoms with Crippen LogP contribution in [0.2, 0.25) is 0 Å². The van der Waals surface area contributed by atoms with Crippen molar-refractivity contribution < 1.29 is 18.8 Å². The lowest BCUT2D eigenvalue weighted by Crippen LogP contribution is -2.20. The van der Waals surface area contributed by atoms with E-state index in [0.29, 0.717) is 34.1 Å². The number of aryl methyl sites for hydroxylation is 1. The first-order valence-electron chi connectivity index (χ1n) is 10.0. The lowest BCUT2D eigenvalue weighted by atomic mass is 10.1. The van der Waals surface area contributed by atoms with E-state index >= 15 is 0 Å². The van der Waals surface area contributed by atoms with E-state index in [1.807, 2.05) is 48.5 Å². The van der Waals surface area contributed by atoms with Crippen molar-refractivity contribution in [1.29, 1.82) is 0 Å². The number of ether oxygens (including phenoxy) is 1. The summed E-state index contributed by atoms with van der Waals surface area (Å²) < 4.78 is 10.8. The number of anilines is 2. The van der Waals surface area contributed by atoms with Gasteiger partial charge < -0.3 is 19.9 Å². The van der Waals surface area contributed by atoms with Gasteiger partial charge in [-0.15, -0.1) is 0 Å². The number of hydrogen-bond donors (Lipinski definition) is 2. The van der Waals surface area contributed by atoms with Crippen molar-refractivity contribution in [2.75, 3.05) is 17.2 Å². The normalized spacial score (nSPS) is 10.4. The van der Waals surface area contributed by atoms with Crippen LogP contribution in [0.25, 0.3) is 11.3 Å². The number of carbonyl (C=O) groups excluding carboxylic acids is 2. The topological polar surface area (TPSA) is 93.5 Å². The Morgan fingerprint density at radius 2 is 1.56 bits per heavy atom. The Labute approximate surface area is 185 Å². The van der Waals surface area contributed by atoms with Crippen LogP contribution in [0.1, 0.15) is 16.1 Å². The van der Waals surface area contributed by atoms with Gasteiger partial charge in [0, 0.05) is 23.0 Å². The number of carbonyl (C=O) groups is 2. The number of para-hydroxylation sites is 1. The van der Waals surface area contributed by atoms with Crippen LogP contribution in [0.5, 0.6) is 5.75 Å². The molecule has 0 fully saturated rings. The van der Waals surface area contributed by atoms with Crippen molar-refractivity contribution in [3.8, 4) is 17.0 Å². The summed E-state index contributed by atoms with van der Waals surface area (Å²) in [6, 6.07) is 25.3. The van der Waals surface area contributed by atoms with E-state index in [9.17, 15) is 9.59 Å². The zero-order valence-corrected chi connectivity index (χ0v) is 17.4. The number of nitrogens with zero attached hydrogens (tertiary/aromatic N) is 1. The highest BCUT2D eigenvalue weighted by atomic mass is 16.5. The van der Waals surface area contributed by atoms with E-state index in [-0.39, 0.29) is 18.4 Å². The number of amides is 2. The average molecular weight is 427 g/mol. The van der Waals surface area contributed by atoms with Gasteiger partial charge >= 0.3 is 0 Å². The number of hydrogen-bond acceptors (Lipinski definition) is 5. The Bertz CT molecular complexity index is 1220. The van der Waals surface area contributed by atoms with Crippen LogP contribution in [0, 0.1) is 6.92 Å². The lowest BCUT2D eigenvalue weighted by Gasteiger charge is -2.10. The standard InChI is InChI=1S/C25H21N3O4/c1-17-23(24(28-32-17)18-9-4-2-5-10-18)25(30)27-20-13-8-14-21(15-20)31-16-22(29)26-19-11-6-3-7-12-19/h2-15H,16H2,1H3,(H,26,29)(H,27,30). The van der Waals surface area contributed by atoms with Crippen molar-refractivity contribution in [1.82, 2.24) is 5.16 Å². The second-order valence-electron chi connectivity index (χ2n) is 7.01. The summed E-state index contributed by atoms with van der Waals surface area (Å²) in [4.78, 5) is 25.0. The highest BCUT2D eigenvalue weighted by Gasteiger charge is 2.21. The monoisotopic (exact) mass is 427 g/mol. The van der Waals surface area contributed by atoms with Gasteiger partial charge in [-0.3, -0.25) is 9.59 Å². The van der Waals surface area contributed by atoms with Crippen LogP contribution >= 0.6 is 0 Å². The predicted octanol–water partition coefficient (Wildman–Crippen LogP) is 4.92. The maximum Gasteiger partial charge on any atom is 0.262 e. The Hall–Kier alpha value is -4.39. The quantitative estimate of drug-likeness (QED) is 0.437. The number of nitrogens with one attached hydrogen (secondary N) is 2. The third-order valence-corrected chi connectivity index (χ3v) is 4.66. The molecule has 4 aromatic rings. The van der Waals surface area contributed by atoms with Crippen LogP contribution < -0.4 is 15.4 Å². The summed E-state index contributed by atoms with van der Waals surface area (Å²) in [6.45, 7) is 1.54. The second kappa shape index (κ2) is 9.61. The molecule has 0 aliphatic carbocycles. The summed E-state index contributed by atoms with van der Waals surface area (Å²) in [5, 5.41) is 9.64. The van der Waals surface area contributed by atoms with Crippen LogP contribution in [0.4, 0.5) is 11.4 Å². The average Bonchev–Trinajstić information content (AvgIpc) is 3.21. The first kappa shape index (κ1) is 20.9. The van der Waals surface area contributed by atoms with Crippen molar-refractivity contribution in [2.45, 2.75) is 6.92 Å². The minimum atomic E-state index is -0.346. The fourth-order valence-electron chi connectivity index (χ4n) is 3.16. The number of aromatic nitrogens is 1. The first-order valence-corrected chi connectivity index (χ1v) is 10.0. The maximum absolute atomic E-state index is 13.0. The lowest BCUT2D eigenvalue weighted by molar-refractivity contribution is -0.118. The molecule has 1 aromatic heterocycles. The molecule has 7 nitrogen and oxygen atoms in total. The minimum Gasteiger partial charge on any atom is -0.484 e. The highest BCUT2D eigenvalue weighted by Crippen LogP contribution is 2.26. The zero-order chi connectivity index (χ0) is 22.3. The molecular formula is C25H21N3O4. The first-order chi connectivity index (χ1) is 15.6. The molecule has 0 aliphatic heterocycles. The van der Waals surface area contributed by atoms with Gasteiger partial charge in [0.05, 0.1) is 0 Å². The Morgan fingerprint density at radius 3 is 2.31 bits per heavy atom. The minimum absolute atomic E-state index is 0.158. The maximum atomic E-state index is 13.0. The van der Waals surface area contributed by atoms with Gasteiger partial charge in [0.15, 0.2) is 6.61 Å². The molecule has 0 aliphatic rings. The number of rotatable bonds is 7. The van der Waals surface area contributed by atoms with Gasteiger partial charge in [-0.25, -0.2) is 0 Å². The molecule has 0 atom stereocenters. The fraction of sp³-hybridized carbons (Fsp3) is 0.0800. The Balaban J connectivity index is 1.42. The molecular weight excluding hydrogens is 406 g/mol. The third-order valence-electron chi connectivity index (χ3n) is 4.66. The van der Waals surface area contributed by atoms with Gasteiger partial charge in [-0.05, 0) is 31.2 Å². The molecule has 4 rings (SSSR count). The SMILES string of the molecule is Cc1onc(-c2ccccc2)c1C(=O)Nc1cccc(OCC(=O)Nc2ccccc2)c1. The molecule has 0 saturated carbocycles. The summed E-state index contributed by atoms with van der Waals surface area (Å²) in [6.07, 6.45) is 0. The molecule has 2 amide bonds. The van der Waals surface area contributed by atoms with Crippen LogP contribution in [0.15, 0.2) is 89.5 Å². The van der Waals surface area contributed by atoms with Gasteiger partial charge in [-0.1, -0.05) is 59.8 Å². The largest absolute Gasteiger partial charge is 0.484 e. The van der Waals surface area contributed by atoms with Gasteiger partial charge in [0.25, 0.3) is 11.8 Å². The van der Waals surface area contributed by atoms with E-state index in [0.717, 1.165) is 5.56 Å². The third kappa shape index (κ3) is 5.02. The van der Waals surface area contributed by atoms with Crippen LogP contribution in [0.3, 0.4) is 0 Å². The van der Waals surface area contributed by atoms with E-state index in [2.05, 4.69) is 15.8 Å². The molecule has 1 heterocycles. The summed E-state index contributed by atoms with van der Waals surface area (Å²) in [5.74, 6) is 0.252. The van der Waals surface area contributed by atoms with Crippen molar-refractivity contribution in [3.05, 3.63) is 96.3 Å². The highest BCUT2D eigenvalue weighted by molar-refractivity contribution is 6.08. The molecule has 3 aromatic carbocycles. The smallest absolute Gasteiger partial charge is 0.262 e. The molecule has 0 spiro atoms. The molecule has 0 bridgehead atoms. The van der Waals surface area contributed by atoms with Crippen molar-refractivity contribution in [3.63, 3.8) is 0 Å². The van der Waals surface area contributed by atoms with E-state index < -0.39 is 0 Å². The summed E-state index contributed by atoms with van der Waals surface area (Å²) in [7, 11) is 0.